The molecule has 21 heavy (non-hydrogen) atoms. The molecule has 4 heteroatoms. The summed E-state index contributed by atoms with van der Waals surface area (Å²) >= 11 is 1.43. The van der Waals surface area contributed by atoms with Gasteiger partial charge in [0.25, 0.3) is 0 Å². The minimum Gasteiger partial charge on any atom is -0.462 e. The van der Waals surface area contributed by atoms with Gasteiger partial charge in [0, 0.05) is 4.88 Å². The maximum atomic E-state index is 12.0. The molecule has 0 amide bonds. The standard InChI is InChI=1S/C17H19NO2S/c1-3-20-17(19)16-14(18)10(2)15(21-16)13-8-7-11-5-4-6-12(11)9-13/h7-9H,3-6,18H2,1-2H3. The summed E-state index contributed by atoms with van der Waals surface area (Å²) in [5.41, 5.74) is 11.6. The number of thiophene rings is 1. The number of carbonyl (C=O) groups excluding carboxylic acids is 1. The summed E-state index contributed by atoms with van der Waals surface area (Å²) in [5.74, 6) is -0.324. The second-order valence-corrected chi connectivity index (χ2v) is 6.38. The van der Waals surface area contributed by atoms with Crippen LogP contribution in [0.3, 0.4) is 0 Å². The molecule has 0 radical (unpaired) electrons. The highest BCUT2D eigenvalue weighted by molar-refractivity contribution is 7.18. The van der Waals surface area contributed by atoms with Gasteiger partial charge in [-0.25, -0.2) is 4.79 Å². The van der Waals surface area contributed by atoms with Crippen molar-refractivity contribution in [2.45, 2.75) is 33.1 Å². The number of hydrogen-bond acceptors (Lipinski definition) is 4. The summed E-state index contributed by atoms with van der Waals surface area (Å²) in [4.78, 5) is 13.6. The molecule has 0 aliphatic heterocycles. The third-order valence-electron chi connectivity index (χ3n) is 4.01. The number of rotatable bonds is 3. The van der Waals surface area contributed by atoms with Gasteiger partial charge >= 0.3 is 5.97 Å². The fourth-order valence-corrected chi connectivity index (χ4v) is 3.98. The Balaban J connectivity index is 2.03. The molecule has 3 nitrogen and oxygen atoms in total. The predicted octanol–water partition coefficient (Wildman–Crippen LogP) is 3.97. The van der Waals surface area contributed by atoms with Crippen LogP contribution in [0.5, 0.6) is 0 Å². The number of ether oxygens (including phenoxy) is 1. The molecule has 0 spiro atoms. The van der Waals surface area contributed by atoms with E-state index in [1.54, 1.807) is 6.92 Å². The van der Waals surface area contributed by atoms with E-state index < -0.39 is 0 Å². The van der Waals surface area contributed by atoms with E-state index in [0.717, 1.165) is 22.4 Å². The second kappa shape index (κ2) is 5.53. The average Bonchev–Trinajstić information content (AvgIpc) is 3.05. The zero-order chi connectivity index (χ0) is 15.0. The first-order chi connectivity index (χ1) is 10.1. The molecule has 0 atom stereocenters. The molecule has 2 N–H and O–H groups in total. The number of esters is 1. The molecular weight excluding hydrogens is 282 g/mol. The maximum absolute atomic E-state index is 12.0. The first-order valence-electron chi connectivity index (χ1n) is 7.30. The molecule has 0 fully saturated rings. The zero-order valence-corrected chi connectivity index (χ0v) is 13.2. The van der Waals surface area contributed by atoms with Crippen LogP contribution in [0.1, 0.15) is 39.7 Å². The first-order valence-corrected chi connectivity index (χ1v) is 8.11. The van der Waals surface area contributed by atoms with Crippen molar-refractivity contribution in [3.05, 3.63) is 39.8 Å². The summed E-state index contributed by atoms with van der Waals surface area (Å²) in [7, 11) is 0. The Bertz CT molecular complexity index is 703. The molecule has 0 saturated carbocycles. The maximum Gasteiger partial charge on any atom is 0.350 e. The Hall–Kier alpha value is -1.81. The van der Waals surface area contributed by atoms with Crippen LogP contribution in [-0.2, 0) is 17.6 Å². The third kappa shape index (κ3) is 2.44. The number of benzene rings is 1. The highest BCUT2D eigenvalue weighted by Gasteiger charge is 2.21. The number of nitrogens with two attached hydrogens (primary N) is 1. The fourth-order valence-electron chi connectivity index (χ4n) is 2.86. The van der Waals surface area contributed by atoms with Crippen molar-refractivity contribution in [2.75, 3.05) is 12.3 Å². The number of carbonyl (C=O) groups is 1. The largest absolute Gasteiger partial charge is 0.462 e. The average molecular weight is 301 g/mol. The van der Waals surface area contributed by atoms with Crippen molar-refractivity contribution in [3.63, 3.8) is 0 Å². The number of nitrogen functional groups attached to an aromatic ring is 1. The van der Waals surface area contributed by atoms with E-state index >= 15 is 0 Å². The molecule has 1 aromatic carbocycles. The predicted molar refractivity (Wildman–Crippen MR) is 86.9 cm³/mol. The lowest BCUT2D eigenvalue weighted by Crippen LogP contribution is -2.05. The SMILES string of the molecule is CCOC(=O)c1sc(-c2ccc3c(c2)CCC3)c(C)c1N. The van der Waals surface area contributed by atoms with Crippen LogP contribution in [-0.4, -0.2) is 12.6 Å². The van der Waals surface area contributed by atoms with Gasteiger partial charge in [-0.1, -0.05) is 18.2 Å². The van der Waals surface area contributed by atoms with Crippen molar-refractivity contribution in [1.82, 2.24) is 0 Å². The van der Waals surface area contributed by atoms with E-state index in [-0.39, 0.29) is 5.97 Å². The summed E-state index contributed by atoms with van der Waals surface area (Å²) in [6, 6.07) is 6.59. The Morgan fingerprint density at radius 1 is 1.33 bits per heavy atom. The van der Waals surface area contributed by atoms with E-state index in [4.69, 9.17) is 10.5 Å². The number of aryl methyl sites for hydroxylation is 2. The molecule has 110 valence electrons. The summed E-state index contributed by atoms with van der Waals surface area (Å²) in [6.07, 6.45) is 3.56. The molecule has 1 heterocycles. The van der Waals surface area contributed by atoms with Gasteiger partial charge in [0.2, 0.25) is 0 Å². The van der Waals surface area contributed by atoms with Crippen LogP contribution in [0.4, 0.5) is 5.69 Å². The number of anilines is 1. The lowest BCUT2D eigenvalue weighted by molar-refractivity contribution is 0.0533. The monoisotopic (exact) mass is 301 g/mol. The van der Waals surface area contributed by atoms with Crippen LogP contribution < -0.4 is 5.73 Å². The topological polar surface area (TPSA) is 52.3 Å². The quantitative estimate of drug-likeness (QED) is 0.873. The van der Waals surface area contributed by atoms with E-state index in [2.05, 4.69) is 18.2 Å². The lowest BCUT2D eigenvalue weighted by Gasteiger charge is -2.04. The first kappa shape index (κ1) is 14.1. The lowest BCUT2D eigenvalue weighted by atomic mass is 10.0. The van der Waals surface area contributed by atoms with E-state index in [1.165, 1.54) is 35.3 Å². The Morgan fingerprint density at radius 3 is 2.86 bits per heavy atom. The highest BCUT2D eigenvalue weighted by atomic mass is 32.1. The summed E-state index contributed by atoms with van der Waals surface area (Å²) < 4.78 is 5.08. The van der Waals surface area contributed by atoms with Gasteiger partial charge in [-0.05, 0) is 55.4 Å². The van der Waals surface area contributed by atoms with Gasteiger partial charge in [0.15, 0.2) is 0 Å². The minimum absolute atomic E-state index is 0.324. The van der Waals surface area contributed by atoms with Gasteiger partial charge in [-0.3, -0.25) is 0 Å². The highest BCUT2D eigenvalue weighted by Crippen LogP contribution is 2.39. The van der Waals surface area contributed by atoms with Crippen molar-refractivity contribution < 1.29 is 9.53 Å². The number of fused-ring (bicyclic) bond motifs is 1. The fraction of sp³-hybridized carbons (Fsp3) is 0.353. The van der Waals surface area contributed by atoms with E-state index in [1.807, 2.05) is 6.92 Å². The molecule has 1 aliphatic carbocycles. The van der Waals surface area contributed by atoms with Gasteiger partial charge in [0.1, 0.15) is 4.88 Å². The molecule has 0 bridgehead atoms. The van der Waals surface area contributed by atoms with Crippen molar-refractivity contribution in [1.29, 1.82) is 0 Å². The molecule has 0 unspecified atom stereocenters. The van der Waals surface area contributed by atoms with Crippen molar-refractivity contribution in [2.24, 2.45) is 0 Å². The van der Waals surface area contributed by atoms with Crippen molar-refractivity contribution >= 4 is 23.0 Å². The van der Waals surface area contributed by atoms with E-state index in [0.29, 0.717) is 17.2 Å². The van der Waals surface area contributed by atoms with Gasteiger partial charge in [0.05, 0.1) is 12.3 Å². The smallest absolute Gasteiger partial charge is 0.350 e. The minimum atomic E-state index is -0.324. The van der Waals surface area contributed by atoms with Gasteiger partial charge in [-0.2, -0.15) is 0 Å². The molecule has 3 rings (SSSR count). The van der Waals surface area contributed by atoms with Crippen LogP contribution in [0.25, 0.3) is 10.4 Å². The molecular formula is C17H19NO2S. The third-order valence-corrected chi connectivity index (χ3v) is 5.35. The Labute approximate surface area is 128 Å². The van der Waals surface area contributed by atoms with Crippen molar-refractivity contribution in [3.8, 4) is 10.4 Å². The molecule has 1 aliphatic rings. The van der Waals surface area contributed by atoms with Crippen LogP contribution in [0.15, 0.2) is 18.2 Å². The van der Waals surface area contributed by atoms with Gasteiger partial charge < -0.3 is 10.5 Å². The summed E-state index contributed by atoms with van der Waals surface area (Å²) in [5, 5.41) is 0. The van der Waals surface area contributed by atoms with E-state index in [9.17, 15) is 4.79 Å². The molecule has 1 aromatic heterocycles. The Kier molecular flexibility index (Phi) is 3.72. The van der Waals surface area contributed by atoms with Gasteiger partial charge in [-0.15, -0.1) is 11.3 Å². The molecule has 0 saturated heterocycles. The molecule has 2 aromatic rings. The second-order valence-electron chi connectivity index (χ2n) is 5.36. The zero-order valence-electron chi connectivity index (χ0n) is 12.4. The Morgan fingerprint density at radius 2 is 2.10 bits per heavy atom. The normalized spacial score (nSPS) is 13.2. The van der Waals surface area contributed by atoms with Crippen LogP contribution >= 0.6 is 11.3 Å². The van der Waals surface area contributed by atoms with Crippen LogP contribution in [0, 0.1) is 6.92 Å². The summed E-state index contributed by atoms with van der Waals surface area (Å²) in [6.45, 7) is 4.14. The number of hydrogen-bond donors (Lipinski definition) is 1. The van der Waals surface area contributed by atoms with Crippen LogP contribution in [0.2, 0.25) is 0 Å².